The third-order valence-electron chi connectivity index (χ3n) is 4.83. The Morgan fingerprint density at radius 1 is 1.58 bits per heavy atom. The van der Waals surface area contributed by atoms with Crippen LogP contribution in [0.3, 0.4) is 0 Å². The number of hydrazine groups is 1. The van der Waals surface area contributed by atoms with Gasteiger partial charge in [0, 0.05) is 24.5 Å². The van der Waals surface area contributed by atoms with E-state index >= 15 is 0 Å². The summed E-state index contributed by atoms with van der Waals surface area (Å²) in [5.74, 6) is -0.146. The van der Waals surface area contributed by atoms with Crippen LogP contribution < -0.4 is 10.7 Å². The summed E-state index contributed by atoms with van der Waals surface area (Å²) in [6.45, 7) is 6.49. The van der Waals surface area contributed by atoms with Gasteiger partial charge in [-0.05, 0) is 39.2 Å². The molecule has 1 amide bonds. The summed E-state index contributed by atoms with van der Waals surface area (Å²) in [5, 5.41) is 21.1. The molecule has 1 aromatic rings. The van der Waals surface area contributed by atoms with Crippen molar-refractivity contribution in [1.29, 1.82) is 5.26 Å². The second-order valence-electron chi connectivity index (χ2n) is 6.37. The first kappa shape index (κ1) is 16.1. The highest BCUT2D eigenvalue weighted by Gasteiger charge is 2.50. The number of hydrogen-bond acceptors (Lipinski definition) is 5. The molecule has 0 spiro atoms. The maximum Gasteiger partial charge on any atom is 0.255 e. The Balaban J connectivity index is 1.81. The molecule has 7 heteroatoms. The van der Waals surface area contributed by atoms with Crippen LogP contribution >= 0.6 is 0 Å². The van der Waals surface area contributed by atoms with Gasteiger partial charge in [0.2, 0.25) is 0 Å². The average molecular weight is 326 g/mol. The monoisotopic (exact) mass is 326 g/mol. The first-order valence-corrected chi connectivity index (χ1v) is 8.19. The molecule has 0 aromatic carbocycles. The predicted molar refractivity (Wildman–Crippen MR) is 90.0 cm³/mol. The lowest BCUT2D eigenvalue weighted by molar-refractivity contribution is 0.0955. The Morgan fingerprint density at radius 2 is 2.33 bits per heavy atom. The fourth-order valence-corrected chi connectivity index (χ4v) is 3.00. The number of aromatic nitrogens is 2. The molecule has 1 fully saturated rings. The highest BCUT2D eigenvalue weighted by molar-refractivity contribution is 5.99. The topological polar surface area (TPSA) is 96.8 Å². The molecule has 2 heterocycles. The molecule has 0 saturated heterocycles. The Kier molecular flexibility index (Phi) is 4.06. The van der Waals surface area contributed by atoms with Crippen LogP contribution in [0.15, 0.2) is 24.2 Å². The molecule has 1 atom stereocenters. The van der Waals surface area contributed by atoms with E-state index in [1.54, 1.807) is 0 Å². The van der Waals surface area contributed by atoms with Gasteiger partial charge in [-0.1, -0.05) is 0 Å². The summed E-state index contributed by atoms with van der Waals surface area (Å²) in [6, 6.07) is 2.52. The molecule has 1 unspecified atom stereocenters. The molecule has 24 heavy (non-hydrogen) atoms. The van der Waals surface area contributed by atoms with E-state index in [2.05, 4.69) is 33.9 Å². The zero-order valence-electron chi connectivity index (χ0n) is 14.2. The lowest BCUT2D eigenvalue weighted by Crippen LogP contribution is -2.44. The Labute approximate surface area is 141 Å². The maximum absolute atomic E-state index is 12.1. The molecule has 3 rings (SSSR count). The minimum Gasteiger partial charge on any atom is -0.352 e. The number of nitrogens with one attached hydrogen (secondary N) is 3. The SMILES string of the molecule is CCNC(=O)c1cn[nH]c1C1=CNN(C(C)C2(C#N)CC2)C=C1C. The number of hydrogen-bond donors (Lipinski definition) is 3. The van der Waals surface area contributed by atoms with E-state index in [0.717, 1.165) is 24.0 Å². The number of carbonyl (C=O) groups is 1. The van der Waals surface area contributed by atoms with E-state index in [0.29, 0.717) is 17.8 Å². The number of allylic oxidation sites excluding steroid dienone is 2. The van der Waals surface area contributed by atoms with Gasteiger partial charge in [-0.3, -0.25) is 14.9 Å². The van der Waals surface area contributed by atoms with Gasteiger partial charge in [-0.15, -0.1) is 0 Å². The highest BCUT2D eigenvalue weighted by Crippen LogP contribution is 2.50. The maximum atomic E-state index is 12.1. The van der Waals surface area contributed by atoms with Crippen LogP contribution in [0.1, 0.15) is 49.7 Å². The minimum absolute atomic E-state index is 0.0832. The zero-order valence-corrected chi connectivity index (χ0v) is 14.2. The molecule has 0 radical (unpaired) electrons. The van der Waals surface area contributed by atoms with Crippen LogP contribution in [0.5, 0.6) is 0 Å². The number of nitrogens with zero attached hydrogens (tertiary/aromatic N) is 3. The molecule has 7 nitrogen and oxygen atoms in total. The first-order valence-electron chi connectivity index (χ1n) is 8.19. The van der Waals surface area contributed by atoms with Gasteiger partial charge < -0.3 is 10.7 Å². The van der Waals surface area contributed by atoms with Crippen LogP contribution in [0.2, 0.25) is 0 Å². The minimum atomic E-state index is -0.255. The van der Waals surface area contributed by atoms with E-state index in [9.17, 15) is 10.1 Å². The molecule has 0 bridgehead atoms. The number of nitriles is 1. The smallest absolute Gasteiger partial charge is 0.255 e. The van der Waals surface area contributed by atoms with Crippen molar-refractivity contribution in [2.45, 2.75) is 39.7 Å². The summed E-state index contributed by atoms with van der Waals surface area (Å²) < 4.78 is 0. The summed E-state index contributed by atoms with van der Waals surface area (Å²) in [6.07, 6.45) is 7.26. The van der Waals surface area contributed by atoms with Crippen molar-refractivity contribution in [1.82, 2.24) is 25.9 Å². The molecule has 3 N–H and O–H groups in total. The van der Waals surface area contributed by atoms with Crippen LogP contribution in [0, 0.1) is 16.7 Å². The van der Waals surface area contributed by atoms with Gasteiger partial charge in [0.25, 0.3) is 5.91 Å². The normalized spacial score (nSPS) is 19.5. The van der Waals surface area contributed by atoms with Gasteiger partial charge in [-0.25, -0.2) is 0 Å². The van der Waals surface area contributed by atoms with Gasteiger partial charge in [-0.2, -0.15) is 10.4 Å². The Bertz CT molecular complexity index is 749. The van der Waals surface area contributed by atoms with Gasteiger partial charge in [0.1, 0.15) is 0 Å². The van der Waals surface area contributed by atoms with Crippen molar-refractivity contribution in [2.24, 2.45) is 5.41 Å². The second-order valence-corrected chi connectivity index (χ2v) is 6.37. The van der Waals surface area contributed by atoms with Crippen molar-refractivity contribution in [3.05, 3.63) is 35.4 Å². The third kappa shape index (κ3) is 2.64. The van der Waals surface area contributed by atoms with E-state index in [1.807, 2.05) is 31.3 Å². The number of amides is 1. The third-order valence-corrected chi connectivity index (χ3v) is 4.83. The summed E-state index contributed by atoms with van der Waals surface area (Å²) in [7, 11) is 0. The van der Waals surface area contributed by atoms with Crippen molar-refractivity contribution in [3.8, 4) is 6.07 Å². The number of H-pyrrole nitrogens is 1. The molecular weight excluding hydrogens is 304 g/mol. The molecule has 2 aliphatic rings. The second kappa shape index (κ2) is 6.04. The summed E-state index contributed by atoms with van der Waals surface area (Å²) >= 11 is 0. The van der Waals surface area contributed by atoms with Crippen LogP contribution in [0.25, 0.3) is 5.57 Å². The van der Waals surface area contributed by atoms with Crippen molar-refractivity contribution in [3.63, 3.8) is 0 Å². The van der Waals surface area contributed by atoms with Crippen LogP contribution in [-0.2, 0) is 0 Å². The number of carbonyl (C=O) groups excluding carboxylic acids is 1. The molecule has 126 valence electrons. The molecule has 1 aromatic heterocycles. The molecular formula is C17H22N6O. The fraction of sp³-hybridized carbons (Fsp3) is 0.471. The highest BCUT2D eigenvalue weighted by atomic mass is 16.1. The lowest BCUT2D eigenvalue weighted by atomic mass is 9.97. The van der Waals surface area contributed by atoms with E-state index < -0.39 is 0 Å². The summed E-state index contributed by atoms with van der Waals surface area (Å²) in [4.78, 5) is 12.1. The standard InChI is InChI=1S/C17H22N6O/c1-4-19-16(24)14-7-20-22-15(14)13-8-21-23(9-11(13)2)12(3)17(10-18)5-6-17/h7-9,12,21H,4-6H2,1-3H3,(H,19,24)(H,20,22). The number of rotatable bonds is 5. The van der Waals surface area contributed by atoms with Crippen LogP contribution in [-0.4, -0.2) is 33.7 Å². The van der Waals surface area contributed by atoms with Gasteiger partial charge >= 0.3 is 0 Å². The zero-order chi connectivity index (χ0) is 17.3. The first-order chi connectivity index (χ1) is 11.5. The van der Waals surface area contributed by atoms with Crippen molar-refractivity contribution in [2.75, 3.05) is 6.54 Å². The Hall–Kier alpha value is -2.75. The molecule has 1 saturated carbocycles. The molecule has 1 aliphatic carbocycles. The number of aromatic amines is 1. The van der Waals surface area contributed by atoms with Crippen LogP contribution in [0.4, 0.5) is 0 Å². The molecule has 1 aliphatic heterocycles. The average Bonchev–Trinajstić information content (AvgIpc) is 3.23. The predicted octanol–water partition coefficient (Wildman–Crippen LogP) is 1.92. The van der Waals surface area contributed by atoms with E-state index in [1.165, 1.54) is 6.20 Å². The van der Waals surface area contributed by atoms with Gasteiger partial charge in [0.15, 0.2) is 0 Å². The quantitative estimate of drug-likeness (QED) is 0.768. The van der Waals surface area contributed by atoms with Crippen molar-refractivity contribution >= 4 is 11.5 Å². The largest absolute Gasteiger partial charge is 0.352 e. The Morgan fingerprint density at radius 3 is 2.92 bits per heavy atom. The van der Waals surface area contributed by atoms with E-state index in [4.69, 9.17) is 0 Å². The fourth-order valence-electron chi connectivity index (χ4n) is 3.00. The van der Waals surface area contributed by atoms with E-state index in [-0.39, 0.29) is 17.4 Å². The lowest BCUT2D eigenvalue weighted by Gasteiger charge is -2.34. The van der Waals surface area contributed by atoms with Crippen molar-refractivity contribution < 1.29 is 4.79 Å². The van der Waals surface area contributed by atoms with Gasteiger partial charge in [0.05, 0.1) is 35.0 Å². The summed E-state index contributed by atoms with van der Waals surface area (Å²) in [5.41, 5.74) is 6.08.